The minimum atomic E-state index is -3.19. The Morgan fingerprint density at radius 1 is 1.30 bits per heavy atom. The molecule has 3 rings (SSSR count). The zero-order valence-electron chi connectivity index (χ0n) is 14.8. The quantitative estimate of drug-likeness (QED) is 0.639. The van der Waals surface area contributed by atoms with Crippen LogP contribution in [-0.4, -0.2) is 60.9 Å². The van der Waals surface area contributed by atoms with Crippen LogP contribution in [0.15, 0.2) is 34.0 Å². The molecule has 0 atom stereocenters. The maximum absolute atomic E-state index is 12.5. The summed E-state index contributed by atoms with van der Waals surface area (Å²) in [6, 6.07) is 7.72. The number of rotatable bonds is 6. The molecule has 0 aliphatic carbocycles. The van der Waals surface area contributed by atoms with Gasteiger partial charge in [-0.05, 0) is 17.7 Å². The van der Waals surface area contributed by atoms with Crippen molar-refractivity contribution in [1.29, 1.82) is 0 Å². The first-order valence-electron chi connectivity index (χ1n) is 8.36. The van der Waals surface area contributed by atoms with Crippen molar-refractivity contribution in [3.05, 3.63) is 45.9 Å². The topological polar surface area (TPSA) is 70.6 Å². The number of halogens is 1. The minimum absolute atomic E-state index is 0.0140. The summed E-state index contributed by atoms with van der Waals surface area (Å²) < 4.78 is 25.4. The molecule has 0 spiro atoms. The molecule has 2 heterocycles. The van der Waals surface area contributed by atoms with Gasteiger partial charge in [-0.25, -0.2) is 13.4 Å². The molecule has 1 aromatic heterocycles. The number of thioether (sulfide) groups is 1. The van der Waals surface area contributed by atoms with Crippen molar-refractivity contribution in [2.45, 2.75) is 16.5 Å². The third-order valence-electron chi connectivity index (χ3n) is 4.17. The smallest absolute Gasteiger partial charge is 0.228 e. The average Bonchev–Trinajstić information content (AvgIpc) is 3.07. The maximum atomic E-state index is 12.5. The molecule has 1 saturated heterocycles. The van der Waals surface area contributed by atoms with Crippen LogP contribution in [-0.2, 0) is 27.0 Å². The Morgan fingerprint density at radius 2 is 2.04 bits per heavy atom. The number of thiazole rings is 1. The van der Waals surface area contributed by atoms with Crippen LogP contribution in [0.4, 0.5) is 0 Å². The lowest BCUT2D eigenvalue weighted by Crippen LogP contribution is -2.50. The number of benzene rings is 1. The molecule has 27 heavy (non-hydrogen) atoms. The summed E-state index contributed by atoms with van der Waals surface area (Å²) in [6.07, 6.45) is 1.44. The molecule has 0 saturated carbocycles. The van der Waals surface area contributed by atoms with E-state index < -0.39 is 10.0 Å². The highest BCUT2D eigenvalue weighted by Gasteiger charge is 2.26. The predicted octanol–water partition coefficient (Wildman–Crippen LogP) is 2.74. The van der Waals surface area contributed by atoms with Gasteiger partial charge in [-0.3, -0.25) is 4.79 Å². The molecule has 146 valence electrons. The largest absolute Gasteiger partial charge is 0.340 e. The number of hydrogen-bond donors (Lipinski definition) is 0. The molecule has 0 unspecified atom stereocenters. The SMILES string of the molecule is CS(=O)(=O)N1CCN(C(=O)Cc2csc(SCc3cccc(Cl)c3)n2)CC1. The molecule has 6 nitrogen and oxygen atoms in total. The predicted molar refractivity (Wildman–Crippen MR) is 110 cm³/mol. The Morgan fingerprint density at radius 3 is 2.70 bits per heavy atom. The Hall–Kier alpha value is -1.13. The highest BCUT2D eigenvalue weighted by atomic mass is 35.5. The van der Waals surface area contributed by atoms with Crippen molar-refractivity contribution in [2.24, 2.45) is 0 Å². The molecule has 0 N–H and O–H groups in total. The van der Waals surface area contributed by atoms with Crippen LogP contribution >= 0.6 is 34.7 Å². The van der Waals surface area contributed by atoms with Gasteiger partial charge in [0.15, 0.2) is 0 Å². The van der Waals surface area contributed by atoms with Gasteiger partial charge in [0.05, 0.1) is 18.4 Å². The number of nitrogens with zero attached hydrogens (tertiary/aromatic N) is 3. The van der Waals surface area contributed by atoms with Crippen molar-refractivity contribution in [2.75, 3.05) is 32.4 Å². The highest BCUT2D eigenvalue weighted by Crippen LogP contribution is 2.27. The van der Waals surface area contributed by atoms with Gasteiger partial charge < -0.3 is 4.90 Å². The number of amides is 1. The second-order valence-electron chi connectivity index (χ2n) is 6.24. The van der Waals surface area contributed by atoms with E-state index >= 15 is 0 Å². The third kappa shape index (κ3) is 5.92. The van der Waals surface area contributed by atoms with E-state index in [0.717, 1.165) is 26.4 Å². The van der Waals surface area contributed by atoms with Gasteiger partial charge >= 0.3 is 0 Å². The zero-order valence-corrected chi connectivity index (χ0v) is 18.0. The number of carbonyl (C=O) groups is 1. The van der Waals surface area contributed by atoms with Gasteiger partial charge in [-0.2, -0.15) is 4.31 Å². The lowest BCUT2D eigenvalue weighted by Gasteiger charge is -2.33. The molecule has 1 fully saturated rings. The van der Waals surface area contributed by atoms with Crippen LogP contribution in [0.5, 0.6) is 0 Å². The molecule has 1 aliphatic heterocycles. The van der Waals surface area contributed by atoms with Crippen LogP contribution in [0, 0.1) is 0 Å². The van der Waals surface area contributed by atoms with Crippen molar-refractivity contribution >= 4 is 50.6 Å². The first-order chi connectivity index (χ1) is 12.8. The van der Waals surface area contributed by atoms with Crippen LogP contribution in [0.3, 0.4) is 0 Å². The van der Waals surface area contributed by atoms with Gasteiger partial charge in [0, 0.05) is 42.3 Å². The fraction of sp³-hybridized carbons (Fsp3) is 0.412. The summed E-state index contributed by atoms with van der Waals surface area (Å²) in [6.45, 7) is 1.55. The Balaban J connectivity index is 1.49. The van der Waals surface area contributed by atoms with Crippen molar-refractivity contribution < 1.29 is 13.2 Å². The summed E-state index contributed by atoms with van der Waals surface area (Å²) in [7, 11) is -3.19. The third-order valence-corrected chi connectivity index (χ3v) is 7.85. The molecule has 0 bridgehead atoms. The lowest BCUT2D eigenvalue weighted by molar-refractivity contribution is -0.131. The van der Waals surface area contributed by atoms with Gasteiger partial charge in [-0.1, -0.05) is 35.5 Å². The normalized spacial score (nSPS) is 15.9. The molecule has 0 radical (unpaired) electrons. The number of piperazine rings is 1. The molecule has 10 heteroatoms. The molecule has 1 amide bonds. The van der Waals surface area contributed by atoms with Gasteiger partial charge in [0.1, 0.15) is 4.34 Å². The summed E-state index contributed by atoms with van der Waals surface area (Å²) in [4.78, 5) is 18.7. The van der Waals surface area contributed by atoms with E-state index in [2.05, 4.69) is 4.98 Å². The van der Waals surface area contributed by atoms with Crippen LogP contribution < -0.4 is 0 Å². The van der Waals surface area contributed by atoms with E-state index in [-0.39, 0.29) is 12.3 Å². The number of sulfonamides is 1. The van der Waals surface area contributed by atoms with Crippen molar-refractivity contribution in [3.8, 4) is 0 Å². The van der Waals surface area contributed by atoms with Crippen LogP contribution in [0.25, 0.3) is 0 Å². The number of aromatic nitrogens is 1. The standard InChI is InChI=1S/C17H20ClN3O3S3/c1-27(23,24)21-7-5-20(6-8-21)16(22)10-15-12-26-17(19-15)25-11-13-3-2-4-14(18)9-13/h2-4,9,12H,5-8,10-11H2,1H3. The van der Waals surface area contributed by atoms with E-state index in [4.69, 9.17) is 11.6 Å². The number of carbonyl (C=O) groups excluding carboxylic acids is 1. The van der Waals surface area contributed by atoms with E-state index in [0.29, 0.717) is 26.2 Å². The average molecular weight is 446 g/mol. The molecular formula is C17H20ClN3O3S3. The second-order valence-corrected chi connectivity index (χ2v) is 10.7. The van der Waals surface area contributed by atoms with E-state index in [1.807, 2.05) is 29.6 Å². The van der Waals surface area contributed by atoms with Gasteiger partial charge in [0.25, 0.3) is 0 Å². The van der Waals surface area contributed by atoms with Gasteiger partial charge in [0.2, 0.25) is 15.9 Å². The van der Waals surface area contributed by atoms with Crippen LogP contribution in [0.1, 0.15) is 11.3 Å². The Kier molecular flexibility index (Phi) is 6.80. The van der Waals surface area contributed by atoms with Crippen molar-refractivity contribution in [3.63, 3.8) is 0 Å². The lowest BCUT2D eigenvalue weighted by atomic mass is 10.2. The molecule has 2 aromatic rings. The van der Waals surface area contributed by atoms with E-state index in [1.165, 1.54) is 21.9 Å². The maximum Gasteiger partial charge on any atom is 0.228 e. The molecular weight excluding hydrogens is 426 g/mol. The van der Waals surface area contributed by atoms with Crippen molar-refractivity contribution in [1.82, 2.24) is 14.2 Å². The first kappa shape index (κ1) is 20.6. The second kappa shape index (κ2) is 8.91. The monoisotopic (exact) mass is 445 g/mol. The van der Waals surface area contributed by atoms with E-state index in [9.17, 15) is 13.2 Å². The summed E-state index contributed by atoms with van der Waals surface area (Å²) >= 11 is 9.14. The van der Waals surface area contributed by atoms with Crippen LogP contribution in [0.2, 0.25) is 5.02 Å². The molecule has 1 aliphatic rings. The fourth-order valence-corrected chi connectivity index (χ4v) is 5.57. The number of hydrogen-bond acceptors (Lipinski definition) is 6. The van der Waals surface area contributed by atoms with E-state index in [1.54, 1.807) is 16.7 Å². The highest BCUT2D eigenvalue weighted by molar-refractivity contribution is 8.00. The summed E-state index contributed by atoms with van der Waals surface area (Å²) in [5, 5.41) is 2.62. The summed E-state index contributed by atoms with van der Waals surface area (Å²) in [5.74, 6) is 0.759. The first-order valence-corrected chi connectivity index (χ1v) is 12.4. The zero-order chi connectivity index (χ0) is 19.4. The fourth-order valence-electron chi connectivity index (χ4n) is 2.74. The van der Waals surface area contributed by atoms with Gasteiger partial charge in [-0.15, -0.1) is 11.3 Å². The Labute approximate surface area is 172 Å². The Bertz CT molecular complexity index is 909. The summed E-state index contributed by atoms with van der Waals surface area (Å²) in [5.41, 5.74) is 1.88. The molecule has 1 aromatic carbocycles. The minimum Gasteiger partial charge on any atom is -0.340 e.